The van der Waals surface area contributed by atoms with E-state index in [1.165, 1.54) is 6.42 Å². The number of ether oxygens (including phenoxy) is 1. The molecule has 2 heteroatoms. The quantitative estimate of drug-likeness (QED) is 0.503. The molecule has 0 rings (SSSR count). The molecule has 0 saturated carbocycles. The summed E-state index contributed by atoms with van der Waals surface area (Å²) < 4.78 is 5.46. The molecule has 0 aromatic carbocycles. The molecule has 2 nitrogen and oxygen atoms in total. The molecule has 0 aliphatic carbocycles. The highest BCUT2D eigenvalue weighted by molar-refractivity contribution is 4.98. The molecule has 0 unspecified atom stereocenters. The molecule has 84 valence electrons. The third kappa shape index (κ3) is 9.75. The van der Waals surface area contributed by atoms with Crippen molar-refractivity contribution < 1.29 is 4.74 Å². The van der Waals surface area contributed by atoms with Gasteiger partial charge >= 0.3 is 0 Å². The maximum atomic E-state index is 5.46. The van der Waals surface area contributed by atoms with Gasteiger partial charge in [0.25, 0.3) is 0 Å². The lowest BCUT2D eigenvalue weighted by atomic mass is 10.1. The van der Waals surface area contributed by atoms with E-state index in [0.29, 0.717) is 6.61 Å². The van der Waals surface area contributed by atoms with Crippen LogP contribution in [0, 0.1) is 0 Å². The van der Waals surface area contributed by atoms with Crippen molar-refractivity contribution in [2.24, 2.45) is 0 Å². The SMILES string of the molecule is C=C(CNC(C)(C)C)COCCCC. The first-order chi connectivity index (χ1) is 6.45. The van der Waals surface area contributed by atoms with E-state index in [-0.39, 0.29) is 5.54 Å². The lowest BCUT2D eigenvalue weighted by Gasteiger charge is -2.21. The second-order valence-electron chi connectivity index (χ2n) is 4.76. The smallest absolute Gasteiger partial charge is 0.0686 e. The molecule has 0 amide bonds. The summed E-state index contributed by atoms with van der Waals surface area (Å²) in [5, 5.41) is 3.38. The van der Waals surface area contributed by atoms with Gasteiger partial charge in [-0.15, -0.1) is 0 Å². The third-order valence-electron chi connectivity index (χ3n) is 1.82. The Morgan fingerprint density at radius 2 is 2.00 bits per heavy atom. The maximum Gasteiger partial charge on any atom is 0.0686 e. The minimum atomic E-state index is 0.159. The molecule has 1 N–H and O–H groups in total. The summed E-state index contributed by atoms with van der Waals surface area (Å²) in [4.78, 5) is 0. The summed E-state index contributed by atoms with van der Waals surface area (Å²) in [5.41, 5.74) is 1.28. The standard InChI is InChI=1S/C12H25NO/c1-6-7-8-14-10-11(2)9-13-12(3,4)5/h13H,2,6-10H2,1,3-5H3. The minimum absolute atomic E-state index is 0.159. The van der Waals surface area contributed by atoms with Gasteiger partial charge in [0.05, 0.1) is 6.61 Å². The fourth-order valence-corrected chi connectivity index (χ4v) is 0.904. The van der Waals surface area contributed by atoms with E-state index < -0.39 is 0 Å². The van der Waals surface area contributed by atoms with E-state index in [1.54, 1.807) is 0 Å². The lowest BCUT2D eigenvalue weighted by Crippen LogP contribution is -2.37. The number of unbranched alkanes of at least 4 members (excludes halogenated alkanes) is 1. The Labute approximate surface area is 88.7 Å². The highest BCUT2D eigenvalue weighted by atomic mass is 16.5. The molecule has 0 aliphatic rings. The van der Waals surface area contributed by atoms with Gasteiger partial charge in [0, 0.05) is 18.7 Å². The van der Waals surface area contributed by atoms with Gasteiger partial charge in [-0.05, 0) is 32.8 Å². The summed E-state index contributed by atoms with van der Waals surface area (Å²) in [5.74, 6) is 0. The largest absolute Gasteiger partial charge is 0.377 e. The number of rotatable bonds is 7. The zero-order valence-electron chi connectivity index (χ0n) is 10.2. The number of hydrogen-bond acceptors (Lipinski definition) is 2. The maximum absolute atomic E-state index is 5.46. The lowest BCUT2D eigenvalue weighted by molar-refractivity contribution is 0.151. The van der Waals surface area contributed by atoms with Crippen LogP contribution in [-0.2, 0) is 4.74 Å². The molecular formula is C12H25NO. The van der Waals surface area contributed by atoms with Crippen LogP contribution in [0.15, 0.2) is 12.2 Å². The van der Waals surface area contributed by atoms with Crippen LogP contribution < -0.4 is 5.32 Å². The fourth-order valence-electron chi connectivity index (χ4n) is 0.904. The topological polar surface area (TPSA) is 21.3 Å². The van der Waals surface area contributed by atoms with Crippen molar-refractivity contribution in [1.29, 1.82) is 0 Å². The minimum Gasteiger partial charge on any atom is -0.377 e. The first-order valence-corrected chi connectivity index (χ1v) is 5.45. The Hall–Kier alpha value is -0.340. The van der Waals surface area contributed by atoms with Crippen molar-refractivity contribution in [3.8, 4) is 0 Å². The predicted molar refractivity (Wildman–Crippen MR) is 62.6 cm³/mol. The Balaban J connectivity index is 3.38. The second-order valence-corrected chi connectivity index (χ2v) is 4.76. The van der Waals surface area contributed by atoms with E-state index in [0.717, 1.165) is 25.1 Å². The van der Waals surface area contributed by atoms with Crippen molar-refractivity contribution in [3.05, 3.63) is 12.2 Å². The predicted octanol–water partition coefficient (Wildman–Crippen LogP) is 2.75. The van der Waals surface area contributed by atoms with Gasteiger partial charge in [-0.1, -0.05) is 19.9 Å². The van der Waals surface area contributed by atoms with E-state index in [1.807, 2.05) is 0 Å². The van der Waals surface area contributed by atoms with E-state index >= 15 is 0 Å². The van der Waals surface area contributed by atoms with Crippen LogP contribution in [0.2, 0.25) is 0 Å². The van der Waals surface area contributed by atoms with Crippen LogP contribution in [0.25, 0.3) is 0 Å². The molecule has 0 radical (unpaired) electrons. The average molecular weight is 199 g/mol. The Morgan fingerprint density at radius 1 is 1.36 bits per heavy atom. The Bertz CT molecular complexity index is 158. The van der Waals surface area contributed by atoms with E-state index in [2.05, 4.69) is 39.6 Å². The Kier molecular flexibility index (Phi) is 6.85. The molecule has 0 aliphatic heterocycles. The number of nitrogens with one attached hydrogen (secondary N) is 1. The molecular weight excluding hydrogens is 174 g/mol. The van der Waals surface area contributed by atoms with Crippen LogP contribution in [0.5, 0.6) is 0 Å². The van der Waals surface area contributed by atoms with Gasteiger partial charge in [0.1, 0.15) is 0 Å². The molecule has 0 aromatic rings. The Morgan fingerprint density at radius 3 is 2.50 bits per heavy atom. The number of hydrogen-bond donors (Lipinski definition) is 1. The van der Waals surface area contributed by atoms with Gasteiger partial charge < -0.3 is 10.1 Å². The van der Waals surface area contributed by atoms with E-state index in [4.69, 9.17) is 4.74 Å². The summed E-state index contributed by atoms with van der Waals surface area (Å²) in [7, 11) is 0. The first kappa shape index (κ1) is 13.7. The molecule has 14 heavy (non-hydrogen) atoms. The molecule has 0 bridgehead atoms. The van der Waals surface area contributed by atoms with E-state index in [9.17, 15) is 0 Å². The molecule has 0 spiro atoms. The normalized spacial score (nSPS) is 11.7. The van der Waals surface area contributed by atoms with Crippen molar-refractivity contribution in [2.75, 3.05) is 19.8 Å². The van der Waals surface area contributed by atoms with Gasteiger partial charge in [0.2, 0.25) is 0 Å². The van der Waals surface area contributed by atoms with Crippen LogP contribution in [-0.4, -0.2) is 25.3 Å². The molecule has 0 heterocycles. The first-order valence-electron chi connectivity index (χ1n) is 5.45. The van der Waals surface area contributed by atoms with Crippen LogP contribution >= 0.6 is 0 Å². The van der Waals surface area contributed by atoms with Gasteiger partial charge in [-0.25, -0.2) is 0 Å². The molecule has 0 fully saturated rings. The summed E-state index contributed by atoms with van der Waals surface area (Å²) >= 11 is 0. The highest BCUT2D eigenvalue weighted by Crippen LogP contribution is 2.00. The molecule has 0 atom stereocenters. The zero-order chi connectivity index (χ0) is 11.0. The highest BCUT2D eigenvalue weighted by Gasteiger charge is 2.08. The van der Waals surface area contributed by atoms with Crippen molar-refractivity contribution in [1.82, 2.24) is 5.32 Å². The zero-order valence-corrected chi connectivity index (χ0v) is 10.2. The van der Waals surface area contributed by atoms with Crippen molar-refractivity contribution in [2.45, 2.75) is 46.1 Å². The van der Waals surface area contributed by atoms with Crippen LogP contribution in [0.1, 0.15) is 40.5 Å². The fraction of sp³-hybridized carbons (Fsp3) is 0.833. The van der Waals surface area contributed by atoms with Gasteiger partial charge in [0.15, 0.2) is 0 Å². The van der Waals surface area contributed by atoms with Crippen LogP contribution in [0.4, 0.5) is 0 Å². The van der Waals surface area contributed by atoms with Crippen molar-refractivity contribution in [3.63, 3.8) is 0 Å². The monoisotopic (exact) mass is 199 g/mol. The van der Waals surface area contributed by atoms with Gasteiger partial charge in [-0.2, -0.15) is 0 Å². The second kappa shape index (κ2) is 7.02. The van der Waals surface area contributed by atoms with Crippen molar-refractivity contribution >= 4 is 0 Å². The summed E-state index contributed by atoms with van der Waals surface area (Å²) in [6.45, 7) is 15.0. The summed E-state index contributed by atoms with van der Waals surface area (Å²) in [6.07, 6.45) is 2.33. The van der Waals surface area contributed by atoms with Gasteiger partial charge in [-0.3, -0.25) is 0 Å². The third-order valence-corrected chi connectivity index (χ3v) is 1.82. The summed E-state index contributed by atoms with van der Waals surface area (Å²) in [6, 6.07) is 0. The molecule has 0 saturated heterocycles. The van der Waals surface area contributed by atoms with Crippen LogP contribution in [0.3, 0.4) is 0 Å². The molecule has 0 aromatic heterocycles. The average Bonchev–Trinajstić information content (AvgIpc) is 2.08.